The number of thioether (sulfide) groups is 1. The third-order valence-electron chi connectivity index (χ3n) is 4.73. The Kier molecular flexibility index (Phi) is 9.64. The number of esters is 3. The lowest BCUT2D eigenvalue weighted by Crippen LogP contribution is -2.64. The highest BCUT2D eigenvalue weighted by molar-refractivity contribution is 7.99. The molecule has 0 aromatic heterocycles. The average molecular weight is 476 g/mol. The quantitative estimate of drug-likeness (QED) is 0.456. The molecular weight excluding hydrogens is 434 g/mol. The van der Waals surface area contributed by atoms with E-state index in [4.69, 9.17) is 24.7 Å². The third-order valence-corrected chi connectivity index (χ3v) is 5.81. The maximum absolute atomic E-state index is 12.7. The molecule has 0 radical (unpaired) electrons. The van der Waals surface area contributed by atoms with E-state index in [1.165, 1.54) is 11.8 Å². The van der Waals surface area contributed by atoms with Gasteiger partial charge in [0.1, 0.15) is 18.1 Å². The van der Waals surface area contributed by atoms with Gasteiger partial charge in [0.15, 0.2) is 12.2 Å². The first-order valence-corrected chi connectivity index (χ1v) is 12.1. The van der Waals surface area contributed by atoms with Gasteiger partial charge in [-0.25, -0.2) is 0 Å². The maximum Gasteiger partial charge on any atom is 0.311 e. The van der Waals surface area contributed by atoms with Gasteiger partial charge in [0, 0.05) is 0 Å². The lowest BCUT2D eigenvalue weighted by molar-refractivity contribution is -0.218. The largest absolute Gasteiger partial charge is 0.462 e. The van der Waals surface area contributed by atoms with Crippen LogP contribution in [0.25, 0.3) is 0 Å². The van der Waals surface area contributed by atoms with Gasteiger partial charge in [-0.15, -0.1) is 11.8 Å². The minimum Gasteiger partial charge on any atom is -0.462 e. The summed E-state index contributed by atoms with van der Waals surface area (Å²) in [6.45, 7) is 17.4. The van der Waals surface area contributed by atoms with Crippen LogP contribution in [0, 0.1) is 16.2 Å². The summed E-state index contributed by atoms with van der Waals surface area (Å²) in [6.07, 6.45) is -2.82. The van der Waals surface area contributed by atoms with Crippen molar-refractivity contribution in [2.75, 3.05) is 12.4 Å². The monoisotopic (exact) mass is 475 g/mol. The molecule has 1 fully saturated rings. The Bertz CT molecular complexity index is 675. The predicted molar refractivity (Wildman–Crippen MR) is 124 cm³/mol. The van der Waals surface area contributed by atoms with Crippen LogP contribution in [-0.2, 0) is 33.3 Å². The van der Waals surface area contributed by atoms with Gasteiger partial charge in [0.2, 0.25) is 0 Å². The van der Waals surface area contributed by atoms with E-state index in [1.54, 1.807) is 62.3 Å². The predicted octanol–water partition coefficient (Wildman–Crippen LogP) is 3.30. The van der Waals surface area contributed by atoms with Gasteiger partial charge in [-0.05, 0) is 68.1 Å². The van der Waals surface area contributed by atoms with E-state index in [1.807, 2.05) is 6.92 Å². The summed E-state index contributed by atoms with van der Waals surface area (Å²) in [5.41, 5.74) is 3.62. The van der Waals surface area contributed by atoms with E-state index < -0.39 is 63.9 Å². The smallest absolute Gasteiger partial charge is 0.311 e. The molecule has 2 N–H and O–H groups in total. The van der Waals surface area contributed by atoms with Crippen molar-refractivity contribution >= 4 is 29.7 Å². The van der Waals surface area contributed by atoms with Crippen molar-refractivity contribution in [3.05, 3.63) is 0 Å². The van der Waals surface area contributed by atoms with Crippen LogP contribution in [0.2, 0.25) is 0 Å². The van der Waals surface area contributed by atoms with Gasteiger partial charge >= 0.3 is 17.9 Å². The minimum absolute atomic E-state index is 0.157. The van der Waals surface area contributed by atoms with Crippen LogP contribution in [0.15, 0.2) is 0 Å². The van der Waals surface area contributed by atoms with Crippen molar-refractivity contribution in [1.82, 2.24) is 0 Å². The van der Waals surface area contributed by atoms with E-state index in [0.717, 1.165) is 0 Å². The molecular formula is C23H41NO7S. The first-order chi connectivity index (χ1) is 14.4. The van der Waals surface area contributed by atoms with Crippen molar-refractivity contribution in [1.29, 1.82) is 0 Å². The number of ether oxygens (including phenoxy) is 4. The molecule has 0 spiro atoms. The Morgan fingerprint density at radius 1 is 0.812 bits per heavy atom. The summed E-state index contributed by atoms with van der Waals surface area (Å²) >= 11 is 1.45. The van der Waals surface area contributed by atoms with Crippen LogP contribution in [0.1, 0.15) is 69.2 Å². The molecule has 0 bridgehead atoms. The van der Waals surface area contributed by atoms with Crippen molar-refractivity contribution in [2.24, 2.45) is 22.0 Å². The molecule has 0 unspecified atom stereocenters. The Labute approximate surface area is 196 Å². The van der Waals surface area contributed by atoms with Gasteiger partial charge in [0.25, 0.3) is 0 Å². The molecule has 0 amide bonds. The molecule has 1 aliphatic heterocycles. The zero-order valence-corrected chi connectivity index (χ0v) is 22.0. The van der Waals surface area contributed by atoms with Crippen molar-refractivity contribution in [2.45, 2.75) is 99.0 Å². The van der Waals surface area contributed by atoms with Crippen LogP contribution >= 0.6 is 11.8 Å². The fourth-order valence-electron chi connectivity index (χ4n) is 2.64. The number of nitrogens with two attached hydrogens (primary N) is 1. The number of hydrogen-bond donors (Lipinski definition) is 1. The fraction of sp³-hybridized carbons (Fsp3) is 0.870. The molecule has 9 heteroatoms. The first kappa shape index (κ1) is 28.7. The van der Waals surface area contributed by atoms with Gasteiger partial charge in [-0.1, -0.05) is 6.92 Å². The SMILES string of the molecule is CCS[C@@H]1O[C@H](COC(=O)C(C)(C)C)[C@@H](OC(=O)C(C)(C)C)[C@H](OC(=O)C(C)(C)C)[C@H]1N. The second-order valence-corrected chi connectivity index (χ2v) is 12.5. The average Bonchev–Trinajstić information content (AvgIpc) is 2.62. The summed E-state index contributed by atoms with van der Waals surface area (Å²) in [4.78, 5) is 37.8. The highest BCUT2D eigenvalue weighted by Gasteiger charge is 2.51. The van der Waals surface area contributed by atoms with Crippen molar-refractivity contribution in [3.63, 3.8) is 0 Å². The lowest BCUT2D eigenvalue weighted by atomic mass is 9.93. The summed E-state index contributed by atoms with van der Waals surface area (Å²) in [7, 11) is 0. The number of rotatable bonds is 6. The van der Waals surface area contributed by atoms with Crippen LogP contribution in [0.3, 0.4) is 0 Å². The van der Waals surface area contributed by atoms with E-state index >= 15 is 0 Å². The summed E-state index contributed by atoms with van der Waals surface area (Å²) in [5.74, 6) is -0.676. The number of carbonyl (C=O) groups is 3. The Hall–Kier alpha value is -1.32. The van der Waals surface area contributed by atoms with Gasteiger partial charge in [0.05, 0.1) is 22.3 Å². The molecule has 186 valence electrons. The third kappa shape index (κ3) is 7.92. The maximum atomic E-state index is 12.7. The first-order valence-electron chi connectivity index (χ1n) is 11.0. The Morgan fingerprint density at radius 3 is 1.66 bits per heavy atom. The molecule has 32 heavy (non-hydrogen) atoms. The van der Waals surface area contributed by atoms with E-state index in [0.29, 0.717) is 5.75 Å². The number of carbonyl (C=O) groups excluding carboxylic acids is 3. The molecule has 0 aromatic rings. The molecule has 0 saturated carbocycles. The molecule has 1 heterocycles. The lowest BCUT2D eigenvalue weighted by Gasteiger charge is -2.45. The molecule has 1 aliphatic rings. The van der Waals surface area contributed by atoms with Crippen LogP contribution in [0.4, 0.5) is 0 Å². The minimum atomic E-state index is -1.02. The van der Waals surface area contributed by atoms with Gasteiger partial charge in [-0.3, -0.25) is 14.4 Å². The fourth-order valence-corrected chi connectivity index (χ4v) is 3.57. The highest BCUT2D eigenvalue weighted by atomic mass is 32.2. The topological polar surface area (TPSA) is 114 Å². The molecule has 0 aromatic carbocycles. The normalized spacial score (nSPS) is 26.9. The zero-order chi connectivity index (χ0) is 25.1. The van der Waals surface area contributed by atoms with E-state index in [2.05, 4.69) is 0 Å². The molecule has 1 rings (SSSR count). The van der Waals surface area contributed by atoms with Crippen LogP contribution < -0.4 is 5.73 Å². The van der Waals surface area contributed by atoms with Crippen molar-refractivity contribution in [3.8, 4) is 0 Å². The summed E-state index contributed by atoms with van der Waals surface area (Å²) in [6, 6.07) is -0.737. The molecule has 5 atom stereocenters. The van der Waals surface area contributed by atoms with E-state index in [9.17, 15) is 14.4 Å². The Morgan fingerprint density at radius 2 is 1.25 bits per heavy atom. The van der Waals surface area contributed by atoms with E-state index in [-0.39, 0.29) is 6.61 Å². The van der Waals surface area contributed by atoms with Crippen molar-refractivity contribution < 1.29 is 33.3 Å². The summed E-state index contributed by atoms with van der Waals surface area (Å²) < 4.78 is 23.2. The molecule has 1 saturated heterocycles. The van der Waals surface area contributed by atoms with Crippen LogP contribution in [-0.4, -0.2) is 60.1 Å². The molecule has 8 nitrogen and oxygen atoms in total. The van der Waals surface area contributed by atoms with Gasteiger partial charge in [-0.2, -0.15) is 0 Å². The number of hydrogen-bond acceptors (Lipinski definition) is 9. The second-order valence-electron chi connectivity index (χ2n) is 11.2. The Balaban J connectivity index is 3.31. The standard InChI is InChI=1S/C23H41NO7S/c1-11-32-17-14(24)16(31-20(27)23(8,9)10)15(30-19(26)22(5,6)7)13(29-17)12-28-18(25)21(2,3)4/h13-17H,11-12,24H2,1-10H3/t13-,14-,15-,16-,17+/m1/s1. The summed E-state index contributed by atoms with van der Waals surface area (Å²) in [5, 5.41) is 0. The highest BCUT2D eigenvalue weighted by Crippen LogP contribution is 2.34. The van der Waals surface area contributed by atoms with Crippen LogP contribution in [0.5, 0.6) is 0 Å². The van der Waals surface area contributed by atoms with Gasteiger partial charge < -0.3 is 24.7 Å². The second kappa shape index (κ2) is 10.7. The molecule has 0 aliphatic carbocycles. The zero-order valence-electron chi connectivity index (χ0n) is 21.1.